The summed E-state index contributed by atoms with van der Waals surface area (Å²) in [5.74, 6) is -0.535. The van der Waals surface area contributed by atoms with Crippen LogP contribution in [0.25, 0.3) is 27.8 Å². The largest absolute Gasteiger partial charge is 0.461 e. The fourth-order valence-electron chi connectivity index (χ4n) is 4.39. The first-order valence-corrected chi connectivity index (χ1v) is 13.0. The van der Waals surface area contributed by atoms with E-state index in [1.54, 1.807) is 31.2 Å². The van der Waals surface area contributed by atoms with E-state index in [2.05, 4.69) is 0 Å². The first kappa shape index (κ1) is 24.2. The minimum atomic E-state index is -4.33. The lowest BCUT2D eigenvalue weighted by Gasteiger charge is -2.22. The van der Waals surface area contributed by atoms with Gasteiger partial charge in [-0.1, -0.05) is 60.7 Å². The summed E-state index contributed by atoms with van der Waals surface area (Å²) in [5, 5.41) is 2.06. The molecule has 0 atom stereocenters. The van der Waals surface area contributed by atoms with Crippen LogP contribution in [-0.2, 0) is 14.8 Å². The first-order chi connectivity index (χ1) is 17.8. The van der Waals surface area contributed by atoms with Crippen LogP contribution in [0.2, 0.25) is 0 Å². The Labute approximate surface area is 214 Å². The van der Waals surface area contributed by atoms with Gasteiger partial charge in [0.25, 0.3) is 15.9 Å². The van der Waals surface area contributed by atoms with Crippen molar-refractivity contribution < 1.29 is 22.4 Å². The minimum absolute atomic E-state index is 0.0251. The number of carbonyl (C=O) groups excluding carboxylic acids is 2. The number of sulfonamides is 1. The van der Waals surface area contributed by atoms with Crippen LogP contribution in [0.4, 0.5) is 5.69 Å². The third kappa shape index (κ3) is 4.57. The highest BCUT2D eigenvalue weighted by molar-refractivity contribution is 7.93. The number of aryl methyl sites for hydroxylation is 1. The number of carbonyl (C=O) groups is 2. The van der Waals surface area contributed by atoms with Crippen LogP contribution in [0.3, 0.4) is 0 Å². The van der Waals surface area contributed by atoms with Gasteiger partial charge in [0, 0.05) is 11.5 Å². The minimum Gasteiger partial charge on any atom is -0.461 e. The molecular formula is C30H23NO5S. The van der Waals surface area contributed by atoms with Gasteiger partial charge >= 0.3 is 0 Å². The normalized spacial score (nSPS) is 11.8. The molecule has 5 aromatic rings. The Hall–Kier alpha value is -4.49. The van der Waals surface area contributed by atoms with Gasteiger partial charge in [0.15, 0.2) is 5.78 Å². The zero-order valence-corrected chi connectivity index (χ0v) is 21.0. The number of amides is 1. The number of rotatable bonds is 6. The van der Waals surface area contributed by atoms with Crippen LogP contribution in [0.5, 0.6) is 0 Å². The molecular weight excluding hydrogens is 486 g/mol. The average Bonchev–Trinajstić information content (AvgIpc) is 3.23. The number of fused-ring (bicyclic) bond motifs is 2. The Balaban J connectivity index is 1.68. The van der Waals surface area contributed by atoms with E-state index in [9.17, 15) is 18.0 Å². The van der Waals surface area contributed by atoms with E-state index < -0.39 is 15.9 Å². The van der Waals surface area contributed by atoms with E-state index in [1.165, 1.54) is 31.2 Å². The van der Waals surface area contributed by atoms with E-state index in [0.717, 1.165) is 20.6 Å². The highest BCUT2D eigenvalue weighted by atomic mass is 32.2. The monoisotopic (exact) mass is 509 g/mol. The SMILES string of the molecule is CC(=O)c1c(C)oc2ccc(N(C(=O)/C=C/c3ccccc3)S(=O)(=O)c3ccc4ccccc4c3)cc12. The quantitative estimate of drug-likeness (QED) is 0.192. The van der Waals surface area contributed by atoms with Crippen LogP contribution in [0.1, 0.15) is 28.6 Å². The number of nitrogens with zero attached hydrogens (tertiary/aromatic N) is 1. The van der Waals surface area contributed by atoms with E-state index in [-0.39, 0.29) is 16.4 Å². The van der Waals surface area contributed by atoms with Gasteiger partial charge in [0.2, 0.25) is 0 Å². The topological polar surface area (TPSA) is 84.7 Å². The summed E-state index contributed by atoms with van der Waals surface area (Å²) in [4.78, 5) is 25.8. The van der Waals surface area contributed by atoms with Gasteiger partial charge in [-0.2, -0.15) is 4.31 Å². The van der Waals surface area contributed by atoms with E-state index in [4.69, 9.17) is 4.42 Å². The Kier molecular flexibility index (Phi) is 6.23. The zero-order chi connectivity index (χ0) is 26.2. The van der Waals surface area contributed by atoms with Crippen LogP contribution >= 0.6 is 0 Å². The third-order valence-electron chi connectivity index (χ3n) is 6.11. The summed E-state index contributed by atoms with van der Waals surface area (Å²) in [6.07, 6.45) is 2.79. The highest BCUT2D eigenvalue weighted by Gasteiger charge is 2.31. The predicted molar refractivity (Wildman–Crippen MR) is 145 cm³/mol. The fourth-order valence-corrected chi connectivity index (χ4v) is 5.80. The molecule has 1 amide bonds. The van der Waals surface area contributed by atoms with Crippen LogP contribution in [-0.4, -0.2) is 20.1 Å². The summed E-state index contributed by atoms with van der Waals surface area (Å²) < 4.78 is 34.4. The van der Waals surface area contributed by atoms with Crippen molar-refractivity contribution in [3.63, 3.8) is 0 Å². The number of benzene rings is 4. The number of anilines is 1. The van der Waals surface area contributed by atoms with Gasteiger partial charge in [0.05, 0.1) is 16.1 Å². The Morgan fingerprint density at radius 2 is 1.54 bits per heavy atom. The number of hydrogen-bond donors (Lipinski definition) is 0. The van der Waals surface area contributed by atoms with Gasteiger partial charge in [0.1, 0.15) is 11.3 Å². The first-order valence-electron chi connectivity index (χ1n) is 11.6. The molecule has 0 bridgehead atoms. The molecule has 0 aliphatic heterocycles. The molecule has 0 aliphatic carbocycles. The van der Waals surface area contributed by atoms with Gasteiger partial charge in [-0.3, -0.25) is 9.59 Å². The maximum absolute atomic E-state index is 14.0. The van der Waals surface area contributed by atoms with E-state index in [0.29, 0.717) is 22.3 Å². The van der Waals surface area contributed by atoms with Crippen LogP contribution in [0.15, 0.2) is 106 Å². The molecule has 0 fully saturated rings. The standard InChI is InChI=1S/C30H23NO5S/c1-20(32)30-21(2)36-28-16-14-25(19-27(28)30)31(29(33)17-12-22-8-4-3-5-9-22)37(34,35)26-15-13-23-10-6-7-11-24(23)18-26/h3-19H,1-2H3/b17-12+. The lowest BCUT2D eigenvalue weighted by atomic mass is 10.1. The summed E-state index contributed by atoms with van der Waals surface area (Å²) >= 11 is 0. The molecule has 0 saturated carbocycles. The predicted octanol–water partition coefficient (Wildman–Crippen LogP) is 6.53. The van der Waals surface area contributed by atoms with Gasteiger partial charge in [-0.05, 0) is 66.6 Å². The van der Waals surface area contributed by atoms with Crippen molar-refractivity contribution in [3.8, 4) is 0 Å². The number of ketones is 1. The molecule has 184 valence electrons. The fraction of sp³-hybridized carbons (Fsp3) is 0.0667. The van der Waals surface area contributed by atoms with Gasteiger partial charge < -0.3 is 4.42 Å². The second-order valence-electron chi connectivity index (χ2n) is 8.63. The van der Waals surface area contributed by atoms with Crippen molar-refractivity contribution in [2.24, 2.45) is 0 Å². The Morgan fingerprint density at radius 1 is 0.838 bits per heavy atom. The summed E-state index contributed by atoms with van der Waals surface area (Å²) in [6.45, 7) is 3.09. The summed E-state index contributed by atoms with van der Waals surface area (Å²) in [7, 11) is -4.33. The average molecular weight is 510 g/mol. The molecule has 6 nitrogen and oxygen atoms in total. The van der Waals surface area contributed by atoms with Crippen molar-refractivity contribution >= 4 is 55.2 Å². The summed E-state index contributed by atoms with van der Waals surface area (Å²) in [6, 6.07) is 25.8. The molecule has 1 heterocycles. The molecule has 4 aromatic carbocycles. The lowest BCUT2D eigenvalue weighted by Crippen LogP contribution is -2.35. The molecule has 0 saturated heterocycles. The molecule has 0 N–H and O–H groups in total. The molecule has 1 aromatic heterocycles. The number of hydrogen-bond acceptors (Lipinski definition) is 5. The van der Waals surface area contributed by atoms with E-state index in [1.807, 2.05) is 54.6 Å². The molecule has 0 aliphatic rings. The zero-order valence-electron chi connectivity index (χ0n) is 20.2. The lowest BCUT2D eigenvalue weighted by molar-refractivity contribution is -0.113. The van der Waals surface area contributed by atoms with Crippen molar-refractivity contribution in [1.29, 1.82) is 0 Å². The van der Waals surface area contributed by atoms with Crippen LogP contribution in [0, 0.1) is 6.92 Å². The van der Waals surface area contributed by atoms with Gasteiger partial charge in [-0.25, -0.2) is 8.42 Å². The second-order valence-corrected chi connectivity index (χ2v) is 10.4. The second kappa shape index (κ2) is 9.52. The number of Topliss-reactive ketones (excluding diaryl/α,β-unsaturated/α-hetero) is 1. The maximum atomic E-state index is 14.0. The molecule has 0 radical (unpaired) electrons. The van der Waals surface area contributed by atoms with Crippen molar-refractivity contribution in [1.82, 2.24) is 0 Å². The molecule has 5 rings (SSSR count). The Morgan fingerprint density at radius 3 is 2.27 bits per heavy atom. The molecule has 0 spiro atoms. The third-order valence-corrected chi connectivity index (χ3v) is 7.83. The molecule has 37 heavy (non-hydrogen) atoms. The van der Waals surface area contributed by atoms with Crippen molar-refractivity contribution in [2.45, 2.75) is 18.7 Å². The Bertz CT molecular complexity index is 1800. The molecule has 0 unspecified atom stereocenters. The van der Waals surface area contributed by atoms with E-state index >= 15 is 0 Å². The summed E-state index contributed by atoms with van der Waals surface area (Å²) in [5.41, 5.74) is 1.64. The smallest absolute Gasteiger partial charge is 0.271 e. The maximum Gasteiger partial charge on any atom is 0.271 e. The van der Waals surface area contributed by atoms with Crippen molar-refractivity contribution in [2.75, 3.05) is 4.31 Å². The number of furan rings is 1. The highest BCUT2D eigenvalue weighted by Crippen LogP contribution is 2.33. The van der Waals surface area contributed by atoms with Crippen LogP contribution < -0.4 is 4.31 Å². The van der Waals surface area contributed by atoms with Gasteiger partial charge in [-0.15, -0.1) is 0 Å². The van der Waals surface area contributed by atoms with Crippen molar-refractivity contribution in [3.05, 3.63) is 114 Å². The molecule has 7 heteroatoms.